The molecule has 1 atom stereocenters. The van der Waals surface area contributed by atoms with Crippen LogP contribution in [0.2, 0.25) is 0 Å². The molecule has 1 fully saturated rings. The highest BCUT2D eigenvalue weighted by atomic mass is 16.5. The van der Waals surface area contributed by atoms with Crippen LogP contribution in [0.5, 0.6) is 5.75 Å². The van der Waals surface area contributed by atoms with Crippen LogP contribution in [0.15, 0.2) is 24.3 Å². The zero-order valence-electron chi connectivity index (χ0n) is 9.73. The van der Waals surface area contributed by atoms with E-state index in [4.69, 9.17) is 4.74 Å². The molecule has 2 rings (SSSR count). The second-order valence-electron chi connectivity index (χ2n) is 4.13. The quantitative estimate of drug-likeness (QED) is 0.812. The van der Waals surface area contributed by atoms with Crippen LogP contribution in [0.3, 0.4) is 0 Å². The maximum atomic E-state index is 11.8. The minimum absolute atomic E-state index is 0.0519. The smallest absolute Gasteiger partial charge is 0.234 e. The number of Topliss-reactive ketones (excluding diaryl/α,β-unsaturated/α-hetero) is 1. The molecule has 0 aliphatic heterocycles. The Morgan fingerprint density at radius 2 is 2.06 bits per heavy atom. The number of carbonyl (C=O) groups is 2. The fraction of sp³-hybridized carbons (Fsp3) is 0.385. The van der Waals surface area contributed by atoms with Gasteiger partial charge in [0, 0.05) is 12.1 Å². The number of anilines is 1. The highest BCUT2D eigenvalue weighted by Crippen LogP contribution is 2.23. The minimum Gasteiger partial charge on any atom is -0.497 e. The van der Waals surface area contributed by atoms with Gasteiger partial charge in [0.25, 0.3) is 0 Å². The predicted octanol–water partition coefficient (Wildman–Crippen LogP) is 2.00. The van der Waals surface area contributed by atoms with Crippen LogP contribution in [0.4, 0.5) is 5.69 Å². The molecule has 1 amide bonds. The van der Waals surface area contributed by atoms with Crippen LogP contribution in [0.25, 0.3) is 0 Å². The lowest BCUT2D eigenvalue weighted by Crippen LogP contribution is -2.25. The lowest BCUT2D eigenvalue weighted by molar-refractivity contribution is -0.129. The molecule has 1 unspecified atom stereocenters. The zero-order valence-corrected chi connectivity index (χ0v) is 9.73. The lowest BCUT2D eigenvalue weighted by atomic mass is 10.1. The fourth-order valence-electron chi connectivity index (χ4n) is 2.00. The summed E-state index contributed by atoms with van der Waals surface area (Å²) < 4.78 is 5.02. The Labute approximate surface area is 100.0 Å². The summed E-state index contributed by atoms with van der Waals surface area (Å²) in [4.78, 5) is 23.2. The molecular weight excluding hydrogens is 218 g/mol. The molecule has 4 nitrogen and oxygen atoms in total. The summed E-state index contributed by atoms with van der Waals surface area (Å²) in [5.74, 6) is 0.130. The minimum atomic E-state index is -0.461. The number of amides is 1. The van der Waals surface area contributed by atoms with Crippen LogP contribution >= 0.6 is 0 Å². The van der Waals surface area contributed by atoms with Gasteiger partial charge in [0.05, 0.1) is 13.0 Å². The number of ketones is 1. The number of ether oxygens (including phenoxy) is 1. The SMILES string of the molecule is COc1ccc(NC(=O)C2CCCC2=O)cc1. The number of hydrogen-bond donors (Lipinski definition) is 1. The summed E-state index contributed by atoms with van der Waals surface area (Å²) in [6.45, 7) is 0. The van der Waals surface area contributed by atoms with E-state index in [9.17, 15) is 9.59 Å². The predicted molar refractivity (Wildman–Crippen MR) is 64.0 cm³/mol. The van der Waals surface area contributed by atoms with Crippen LogP contribution < -0.4 is 10.1 Å². The van der Waals surface area contributed by atoms with Gasteiger partial charge in [-0.1, -0.05) is 0 Å². The Hall–Kier alpha value is -1.84. The summed E-state index contributed by atoms with van der Waals surface area (Å²) >= 11 is 0. The third kappa shape index (κ3) is 2.64. The first-order chi connectivity index (χ1) is 8.20. The van der Waals surface area contributed by atoms with Crippen molar-refractivity contribution in [1.29, 1.82) is 0 Å². The lowest BCUT2D eigenvalue weighted by Gasteiger charge is -2.09. The van der Waals surface area contributed by atoms with Crippen molar-refractivity contribution in [3.8, 4) is 5.75 Å². The summed E-state index contributed by atoms with van der Waals surface area (Å²) in [6.07, 6.45) is 2.01. The van der Waals surface area contributed by atoms with Crippen molar-refractivity contribution in [1.82, 2.24) is 0 Å². The molecule has 90 valence electrons. The Morgan fingerprint density at radius 3 is 2.59 bits per heavy atom. The number of hydrogen-bond acceptors (Lipinski definition) is 3. The maximum Gasteiger partial charge on any atom is 0.234 e. The van der Waals surface area contributed by atoms with Crippen molar-refractivity contribution in [3.05, 3.63) is 24.3 Å². The molecule has 4 heteroatoms. The highest BCUT2D eigenvalue weighted by Gasteiger charge is 2.30. The van der Waals surface area contributed by atoms with E-state index in [1.165, 1.54) is 0 Å². The first-order valence-electron chi connectivity index (χ1n) is 5.68. The average Bonchev–Trinajstić information content (AvgIpc) is 2.76. The van der Waals surface area contributed by atoms with Gasteiger partial charge in [-0.25, -0.2) is 0 Å². The third-order valence-electron chi connectivity index (χ3n) is 2.98. The summed E-state index contributed by atoms with van der Waals surface area (Å²) in [5.41, 5.74) is 0.690. The zero-order chi connectivity index (χ0) is 12.3. The van der Waals surface area contributed by atoms with E-state index < -0.39 is 5.92 Å². The maximum absolute atomic E-state index is 11.8. The van der Waals surface area contributed by atoms with Crippen molar-refractivity contribution >= 4 is 17.4 Å². The molecule has 17 heavy (non-hydrogen) atoms. The number of benzene rings is 1. The van der Waals surface area contributed by atoms with Crippen LogP contribution in [0, 0.1) is 5.92 Å². The molecule has 0 bridgehead atoms. The van der Waals surface area contributed by atoms with E-state index in [-0.39, 0.29) is 11.7 Å². The van der Waals surface area contributed by atoms with Crippen LogP contribution in [-0.2, 0) is 9.59 Å². The van der Waals surface area contributed by atoms with Crippen molar-refractivity contribution < 1.29 is 14.3 Å². The molecule has 1 aliphatic rings. The van der Waals surface area contributed by atoms with Gasteiger partial charge in [0.2, 0.25) is 5.91 Å². The van der Waals surface area contributed by atoms with Gasteiger partial charge in [-0.15, -0.1) is 0 Å². The Kier molecular flexibility index (Phi) is 3.42. The Morgan fingerprint density at radius 1 is 1.35 bits per heavy atom. The van der Waals surface area contributed by atoms with E-state index in [1.54, 1.807) is 31.4 Å². The van der Waals surface area contributed by atoms with Crippen molar-refractivity contribution in [2.75, 3.05) is 12.4 Å². The normalized spacial score (nSPS) is 19.1. The molecule has 1 N–H and O–H groups in total. The first kappa shape index (κ1) is 11.6. The van der Waals surface area contributed by atoms with E-state index >= 15 is 0 Å². The van der Waals surface area contributed by atoms with Crippen LogP contribution in [0.1, 0.15) is 19.3 Å². The standard InChI is InChI=1S/C13H15NO3/c1-17-10-7-5-9(6-8-10)14-13(16)11-3-2-4-12(11)15/h5-8,11H,2-4H2,1H3,(H,14,16). The molecule has 0 saturated heterocycles. The molecular formula is C13H15NO3. The van der Waals surface area contributed by atoms with Gasteiger partial charge < -0.3 is 10.1 Å². The van der Waals surface area contributed by atoms with Crippen LogP contribution in [-0.4, -0.2) is 18.8 Å². The second-order valence-corrected chi connectivity index (χ2v) is 4.13. The van der Waals surface area contributed by atoms with Crippen molar-refractivity contribution in [3.63, 3.8) is 0 Å². The molecule has 0 spiro atoms. The van der Waals surface area contributed by atoms with Gasteiger partial charge in [-0.05, 0) is 37.1 Å². The van der Waals surface area contributed by atoms with E-state index in [1.807, 2.05) is 0 Å². The summed E-state index contributed by atoms with van der Waals surface area (Å²) in [7, 11) is 1.59. The molecule has 1 aromatic carbocycles. The van der Waals surface area contributed by atoms with Crippen molar-refractivity contribution in [2.24, 2.45) is 5.92 Å². The Balaban J connectivity index is 2.00. The fourth-order valence-corrected chi connectivity index (χ4v) is 2.00. The molecule has 1 saturated carbocycles. The molecule has 1 aromatic rings. The molecule has 0 radical (unpaired) electrons. The van der Waals surface area contributed by atoms with E-state index in [0.29, 0.717) is 18.5 Å². The van der Waals surface area contributed by atoms with Crippen molar-refractivity contribution in [2.45, 2.75) is 19.3 Å². The van der Waals surface area contributed by atoms with Gasteiger partial charge in [0.1, 0.15) is 11.5 Å². The number of rotatable bonds is 3. The topological polar surface area (TPSA) is 55.4 Å². The summed E-state index contributed by atoms with van der Waals surface area (Å²) in [6, 6.07) is 7.06. The summed E-state index contributed by atoms with van der Waals surface area (Å²) in [5, 5.41) is 2.75. The van der Waals surface area contributed by atoms with E-state index in [2.05, 4.69) is 5.32 Å². The molecule has 0 aromatic heterocycles. The molecule has 0 heterocycles. The van der Waals surface area contributed by atoms with Gasteiger partial charge >= 0.3 is 0 Å². The monoisotopic (exact) mass is 233 g/mol. The average molecular weight is 233 g/mol. The first-order valence-corrected chi connectivity index (χ1v) is 5.68. The van der Waals surface area contributed by atoms with Gasteiger partial charge in [-0.2, -0.15) is 0 Å². The van der Waals surface area contributed by atoms with E-state index in [0.717, 1.165) is 12.2 Å². The largest absolute Gasteiger partial charge is 0.497 e. The number of carbonyl (C=O) groups excluding carboxylic acids is 2. The van der Waals surface area contributed by atoms with Gasteiger partial charge in [0.15, 0.2) is 0 Å². The van der Waals surface area contributed by atoms with Gasteiger partial charge in [-0.3, -0.25) is 9.59 Å². The highest BCUT2D eigenvalue weighted by molar-refractivity contribution is 6.08. The number of nitrogens with one attached hydrogen (secondary N) is 1. The number of methoxy groups -OCH3 is 1. The Bertz CT molecular complexity index is 425. The molecule has 1 aliphatic carbocycles. The second kappa shape index (κ2) is 4.99. The third-order valence-corrected chi connectivity index (χ3v) is 2.98.